The second-order valence-electron chi connectivity index (χ2n) is 7.12. The van der Waals surface area contributed by atoms with Gasteiger partial charge in [0.1, 0.15) is 11.4 Å². The molecule has 34 heavy (non-hydrogen) atoms. The van der Waals surface area contributed by atoms with E-state index in [4.69, 9.17) is 21.1 Å². The summed E-state index contributed by atoms with van der Waals surface area (Å²) < 4.78 is 9.94. The molecule has 0 aromatic heterocycles. The molecule has 2 aromatic rings. The van der Waals surface area contributed by atoms with Crippen molar-refractivity contribution in [1.82, 2.24) is 10.4 Å². The topological polar surface area (TPSA) is 157 Å². The summed E-state index contributed by atoms with van der Waals surface area (Å²) in [6.07, 6.45) is -0.232. The van der Waals surface area contributed by atoms with Crippen LogP contribution >= 0.6 is 11.6 Å². The molecule has 1 heterocycles. The van der Waals surface area contributed by atoms with Crippen LogP contribution in [0.15, 0.2) is 42.5 Å². The lowest BCUT2D eigenvalue weighted by Crippen LogP contribution is -2.43. The number of nitro benzene ring substituents is 1. The molecule has 1 atom stereocenters. The fourth-order valence-corrected chi connectivity index (χ4v) is 3.37. The Bertz CT molecular complexity index is 1160. The number of carbonyl (C=O) groups excluding carboxylic acids is 4. The van der Waals surface area contributed by atoms with Crippen molar-refractivity contribution in [2.75, 3.05) is 25.6 Å². The van der Waals surface area contributed by atoms with Gasteiger partial charge >= 0.3 is 5.97 Å². The van der Waals surface area contributed by atoms with Crippen LogP contribution in [-0.2, 0) is 19.1 Å². The molecule has 1 aliphatic heterocycles. The Kier molecular flexibility index (Phi) is 7.64. The van der Waals surface area contributed by atoms with E-state index in [1.54, 1.807) is 12.1 Å². The van der Waals surface area contributed by atoms with Crippen molar-refractivity contribution >= 4 is 46.7 Å². The number of methoxy groups -OCH3 is 1. The summed E-state index contributed by atoms with van der Waals surface area (Å²) >= 11 is 5.97. The number of nitrogens with zero attached hydrogens (tertiary/aromatic N) is 2. The maximum Gasteiger partial charge on any atom is 0.311 e. The smallest absolute Gasteiger partial charge is 0.311 e. The minimum absolute atomic E-state index is 0.130. The van der Waals surface area contributed by atoms with Gasteiger partial charge in [-0.25, -0.2) is 0 Å². The molecule has 0 spiro atoms. The number of hydrogen-bond donors (Lipinski definition) is 2. The second kappa shape index (κ2) is 10.6. The van der Waals surface area contributed by atoms with Crippen LogP contribution < -0.4 is 15.5 Å². The molecule has 1 fully saturated rings. The van der Waals surface area contributed by atoms with E-state index in [-0.39, 0.29) is 40.7 Å². The first-order valence-electron chi connectivity index (χ1n) is 9.84. The van der Waals surface area contributed by atoms with Gasteiger partial charge in [-0.2, -0.15) is 0 Å². The predicted octanol–water partition coefficient (Wildman–Crippen LogP) is 1.93. The number of benzene rings is 2. The first-order valence-corrected chi connectivity index (χ1v) is 10.2. The Labute approximate surface area is 197 Å². The third-order valence-electron chi connectivity index (χ3n) is 4.83. The first kappa shape index (κ1) is 24.5. The number of hydrazine groups is 1. The number of hydrogen-bond acceptors (Lipinski definition) is 8. The molecule has 0 unspecified atom stereocenters. The molecule has 3 amide bonds. The SMILES string of the molecule is COc1ccc([N+](=O)[O-])c(NC(=O)COC(=O)[C@@H]2CC(=O)N(NC(=O)c3ccccc3Cl)C2)c1. The zero-order valence-electron chi connectivity index (χ0n) is 17.8. The number of carbonyl (C=O) groups is 4. The number of esters is 1. The lowest BCUT2D eigenvalue weighted by atomic mass is 10.1. The van der Waals surface area contributed by atoms with E-state index in [1.807, 2.05) is 0 Å². The zero-order chi connectivity index (χ0) is 24.8. The molecular weight excluding hydrogens is 472 g/mol. The third-order valence-corrected chi connectivity index (χ3v) is 5.16. The Morgan fingerprint density at radius 3 is 2.65 bits per heavy atom. The molecule has 0 saturated carbocycles. The lowest BCUT2D eigenvalue weighted by molar-refractivity contribution is -0.383. The van der Waals surface area contributed by atoms with Crippen molar-refractivity contribution in [3.8, 4) is 5.75 Å². The van der Waals surface area contributed by atoms with Gasteiger partial charge in [0.15, 0.2) is 6.61 Å². The van der Waals surface area contributed by atoms with Gasteiger partial charge in [0.05, 0.1) is 35.1 Å². The summed E-state index contributed by atoms with van der Waals surface area (Å²) in [5.74, 6) is -3.43. The molecule has 0 radical (unpaired) electrons. The standard InChI is InChI=1S/C21H19ClN4O8/c1-33-13-6-7-17(26(31)32)16(9-13)23-18(27)11-34-21(30)12-8-19(28)25(10-12)24-20(29)14-4-2-3-5-15(14)22/h2-7,9,12H,8,10-11H2,1H3,(H,23,27)(H,24,29)/t12-/m1/s1. The van der Waals surface area contributed by atoms with E-state index in [1.165, 1.54) is 31.4 Å². The van der Waals surface area contributed by atoms with Crippen LogP contribution in [0.3, 0.4) is 0 Å². The van der Waals surface area contributed by atoms with Crippen molar-refractivity contribution in [2.45, 2.75) is 6.42 Å². The van der Waals surface area contributed by atoms with Gasteiger partial charge in [-0.1, -0.05) is 23.7 Å². The summed E-state index contributed by atoms with van der Waals surface area (Å²) in [7, 11) is 1.36. The summed E-state index contributed by atoms with van der Waals surface area (Å²) in [6.45, 7) is -0.888. The summed E-state index contributed by atoms with van der Waals surface area (Å²) in [4.78, 5) is 59.5. The maximum absolute atomic E-state index is 12.3. The lowest BCUT2D eigenvalue weighted by Gasteiger charge is -2.18. The Hall–Kier alpha value is -4.19. The molecule has 13 heteroatoms. The van der Waals surface area contributed by atoms with Crippen molar-refractivity contribution in [3.05, 3.63) is 63.2 Å². The average molecular weight is 491 g/mol. The van der Waals surface area contributed by atoms with Crippen molar-refractivity contribution in [3.63, 3.8) is 0 Å². The average Bonchev–Trinajstić information content (AvgIpc) is 3.17. The van der Waals surface area contributed by atoms with Crippen LogP contribution in [0.2, 0.25) is 5.02 Å². The molecule has 0 bridgehead atoms. The number of ether oxygens (including phenoxy) is 2. The third kappa shape index (κ3) is 5.78. The van der Waals surface area contributed by atoms with Crippen LogP contribution in [-0.4, -0.2) is 53.9 Å². The van der Waals surface area contributed by atoms with Crippen LogP contribution in [0.25, 0.3) is 0 Å². The normalized spacial score (nSPS) is 14.9. The van der Waals surface area contributed by atoms with Crippen LogP contribution in [0, 0.1) is 16.0 Å². The molecule has 12 nitrogen and oxygen atoms in total. The Morgan fingerprint density at radius 1 is 1.24 bits per heavy atom. The predicted molar refractivity (Wildman–Crippen MR) is 118 cm³/mol. The van der Waals surface area contributed by atoms with E-state index >= 15 is 0 Å². The summed E-state index contributed by atoms with van der Waals surface area (Å²) in [5, 5.41) is 14.6. The van der Waals surface area contributed by atoms with Crippen molar-refractivity contribution < 1.29 is 33.6 Å². The Balaban J connectivity index is 1.54. The number of halogens is 1. The molecule has 1 aliphatic rings. The highest BCUT2D eigenvalue weighted by Crippen LogP contribution is 2.28. The van der Waals surface area contributed by atoms with E-state index < -0.39 is 41.1 Å². The van der Waals surface area contributed by atoms with Crippen molar-refractivity contribution in [2.24, 2.45) is 5.92 Å². The number of anilines is 1. The van der Waals surface area contributed by atoms with E-state index in [2.05, 4.69) is 10.7 Å². The highest BCUT2D eigenvalue weighted by Gasteiger charge is 2.37. The molecule has 2 N–H and O–H groups in total. The van der Waals surface area contributed by atoms with Gasteiger partial charge < -0.3 is 14.8 Å². The van der Waals surface area contributed by atoms with Gasteiger partial charge in [0.2, 0.25) is 5.91 Å². The zero-order valence-corrected chi connectivity index (χ0v) is 18.5. The fraction of sp³-hybridized carbons (Fsp3) is 0.238. The molecular formula is C21H19ClN4O8. The highest BCUT2D eigenvalue weighted by molar-refractivity contribution is 6.33. The minimum atomic E-state index is -0.919. The molecule has 0 aliphatic carbocycles. The van der Waals surface area contributed by atoms with Gasteiger partial charge in [0.25, 0.3) is 17.5 Å². The maximum atomic E-state index is 12.3. The van der Waals surface area contributed by atoms with Gasteiger partial charge in [0, 0.05) is 18.6 Å². The quantitative estimate of drug-likeness (QED) is 0.323. The number of nitro groups is 1. The first-order chi connectivity index (χ1) is 16.2. The Morgan fingerprint density at radius 2 is 1.97 bits per heavy atom. The van der Waals surface area contributed by atoms with Gasteiger partial charge in [-0.05, 0) is 18.2 Å². The minimum Gasteiger partial charge on any atom is -0.497 e. The molecule has 1 saturated heterocycles. The van der Waals surface area contributed by atoms with Crippen LogP contribution in [0.5, 0.6) is 5.75 Å². The van der Waals surface area contributed by atoms with E-state index in [0.29, 0.717) is 0 Å². The van der Waals surface area contributed by atoms with Crippen molar-refractivity contribution in [1.29, 1.82) is 0 Å². The molecule has 2 aromatic carbocycles. The second-order valence-corrected chi connectivity index (χ2v) is 7.53. The monoisotopic (exact) mass is 490 g/mol. The fourth-order valence-electron chi connectivity index (χ4n) is 3.14. The molecule has 3 rings (SSSR count). The summed E-state index contributed by atoms with van der Waals surface area (Å²) in [6, 6.07) is 10.0. The van der Waals surface area contributed by atoms with Gasteiger partial charge in [-0.15, -0.1) is 0 Å². The number of rotatable bonds is 8. The largest absolute Gasteiger partial charge is 0.497 e. The van der Waals surface area contributed by atoms with E-state index in [0.717, 1.165) is 11.1 Å². The van der Waals surface area contributed by atoms with Gasteiger partial charge in [-0.3, -0.25) is 39.7 Å². The van der Waals surface area contributed by atoms with Crippen LogP contribution in [0.1, 0.15) is 16.8 Å². The highest BCUT2D eigenvalue weighted by atomic mass is 35.5. The molecule has 178 valence electrons. The van der Waals surface area contributed by atoms with E-state index in [9.17, 15) is 29.3 Å². The number of amides is 3. The number of nitrogens with one attached hydrogen (secondary N) is 2. The van der Waals surface area contributed by atoms with Crippen LogP contribution in [0.4, 0.5) is 11.4 Å². The summed E-state index contributed by atoms with van der Waals surface area (Å²) in [5.41, 5.74) is 2.05.